The van der Waals surface area contributed by atoms with Gasteiger partial charge in [-0.25, -0.2) is 18.6 Å². The van der Waals surface area contributed by atoms with Crippen LogP contribution in [-0.4, -0.2) is 60.1 Å². The van der Waals surface area contributed by atoms with Gasteiger partial charge in [0.15, 0.2) is 11.6 Å². The molecular formula is C26H25ClF2N6O3. The van der Waals surface area contributed by atoms with Crippen LogP contribution in [0.4, 0.5) is 36.5 Å². The lowest BCUT2D eigenvalue weighted by Gasteiger charge is -2.28. The number of benzene rings is 2. The molecule has 3 aromatic rings. The molecule has 2 heterocycles. The highest BCUT2D eigenvalue weighted by Gasteiger charge is 2.36. The number of amides is 2. The highest BCUT2D eigenvalue weighted by molar-refractivity contribution is 6.31. The first kappa shape index (κ1) is 27.2. The first-order chi connectivity index (χ1) is 18.3. The van der Waals surface area contributed by atoms with Gasteiger partial charge in [-0.1, -0.05) is 17.7 Å². The minimum Gasteiger partial charge on any atom is -0.394 e. The molecule has 1 aliphatic rings. The van der Waals surface area contributed by atoms with Gasteiger partial charge in [-0.15, -0.1) is 0 Å². The van der Waals surface area contributed by atoms with Crippen LogP contribution in [0.1, 0.15) is 12.5 Å². The van der Waals surface area contributed by atoms with Crippen LogP contribution in [0.25, 0.3) is 11.1 Å². The Hall–Kier alpha value is -3.82. The summed E-state index contributed by atoms with van der Waals surface area (Å²) in [6.07, 6.45) is 0.482. The Morgan fingerprint density at radius 2 is 1.89 bits per heavy atom. The Bertz CT molecular complexity index is 1380. The Balaban J connectivity index is 1.75. The first-order valence-electron chi connectivity index (χ1n) is 11.8. The summed E-state index contributed by atoms with van der Waals surface area (Å²) in [4.78, 5) is 20.3. The van der Waals surface area contributed by atoms with Crippen molar-refractivity contribution in [3.05, 3.63) is 64.8 Å². The van der Waals surface area contributed by atoms with Crippen molar-refractivity contribution in [1.82, 2.24) is 10.3 Å². The average molecular weight is 543 g/mol. The van der Waals surface area contributed by atoms with Crippen molar-refractivity contribution in [2.45, 2.75) is 13.0 Å². The second-order valence-corrected chi connectivity index (χ2v) is 8.92. The monoisotopic (exact) mass is 542 g/mol. The number of urea groups is 1. The number of rotatable bonds is 9. The third kappa shape index (κ3) is 5.39. The zero-order chi connectivity index (χ0) is 27.4. The second-order valence-electron chi connectivity index (χ2n) is 8.49. The fourth-order valence-electron chi connectivity index (χ4n) is 4.18. The minimum absolute atomic E-state index is 0.112. The van der Waals surface area contributed by atoms with Crippen LogP contribution in [-0.2, 0) is 0 Å². The van der Waals surface area contributed by atoms with Crippen molar-refractivity contribution in [2.24, 2.45) is 0 Å². The predicted octanol–water partition coefficient (Wildman–Crippen LogP) is 4.00. The molecule has 0 aliphatic carbocycles. The van der Waals surface area contributed by atoms with E-state index in [0.717, 1.165) is 17.0 Å². The van der Waals surface area contributed by atoms with E-state index in [1.807, 2.05) is 6.07 Å². The first-order valence-corrected chi connectivity index (χ1v) is 12.2. The Kier molecular flexibility index (Phi) is 8.38. The lowest BCUT2D eigenvalue weighted by atomic mass is 10.0. The van der Waals surface area contributed by atoms with E-state index in [1.54, 1.807) is 25.1 Å². The zero-order valence-electron chi connectivity index (χ0n) is 20.4. The molecule has 0 fully saturated rings. The fourth-order valence-corrected chi connectivity index (χ4v) is 4.34. The third-order valence-electron chi connectivity index (χ3n) is 5.95. The van der Waals surface area contributed by atoms with Crippen LogP contribution < -0.4 is 20.4 Å². The number of hydrogen-bond acceptors (Lipinski definition) is 7. The summed E-state index contributed by atoms with van der Waals surface area (Å²) in [7, 11) is 0. The van der Waals surface area contributed by atoms with Gasteiger partial charge in [-0.05, 0) is 37.3 Å². The van der Waals surface area contributed by atoms with Crippen molar-refractivity contribution in [2.75, 3.05) is 47.9 Å². The maximum Gasteiger partial charge on any atom is 0.334 e. The number of halogens is 3. The molecule has 0 radical (unpaired) electrons. The van der Waals surface area contributed by atoms with Gasteiger partial charge in [0.1, 0.15) is 11.5 Å². The van der Waals surface area contributed by atoms with Crippen molar-refractivity contribution in [3.8, 4) is 17.2 Å². The standard InChI is InChI=1S/C26H25ClF2N6O3/c1-2-34-25-20(8-16(27)12-33-25)19-4-3-15(11-30)7-23(19)35(26(34)38)24-21(28)9-17(10-22(24)29)32-6-5-31-13-18(37)14-36/h3-4,7-10,12,18,31-32,36-37H,2,5-6,13-14H2,1H3/t18-/m0/s1. The van der Waals surface area contributed by atoms with Crippen LogP contribution in [0.2, 0.25) is 5.02 Å². The van der Waals surface area contributed by atoms with Gasteiger partial charge in [-0.2, -0.15) is 5.26 Å². The largest absolute Gasteiger partial charge is 0.394 e. The zero-order valence-corrected chi connectivity index (χ0v) is 21.1. The Morgan fingerprint density at radius 1 is 1.16 bits per heavy atom. The van der Waals surface area contributed by atoms with E-state index >= 15 is 8.78 Å². The normalized spacial score (nSPS) is 13.4. The van der Waals surface area contributed by atoms with E-state index in [-0.39, 0.29) is 49.0 Å². The second kappa shape index (κ2) is 11.7. The van der Waals surface area contributed by atoms with E-state index in [1.165, 1.54) is 17.2 Å². The van der Waals surface area contributed by atoms with E-state index in [2.05, 4.69) is 15.6 Å². The predicted molar refractivity (Wildman–Crippen MR) is 141 cm³/mol. The number of fused-ring (bicyclic) bond motifs is 3. The molecule has 1 aliphatic heterocycles. The molecule has 0 bridgehead atoms. The molecule has 0 saturated carbocycles. The number of nitrogens with one attached hydrogen (secondary N) is 2. The Labute approximate surface area is 222 Å². The van der Waals surface area contributed by atoms with Crippen LogP contribution >= 0.6 is 11.6 Å². The van der Waals surface area contributed by atoms with Gasteiger partial charge >= 0.3 is 6.03 Å². The van der Waals surface area contributed by atoms with E-state index in [9.17, 15) is 15.2 Å². The maximum atomic E-state index is 15.6. The molecule has 9 nitrogen and oxygen atoms in total. The molecule has 2 aromatic carbocycles. The van der Waals surface area contributed by atoms with E-state index in [0.29, 0.717) is 22.7 Å². The molecule has 0 saturated heterocycles. The van der Waals surface area contributed by atoms with Gasteiger partial charge in [0.2, 0.25) is 0 Å². The molecule has 38 heavy (non-hydrogen) atoms. The number of carbonyl (C=O) groups excluding carboxylic acids is 1. The number of anilines is 4. The van der Waals surface area contributed by atoms with Crippen LogP contribution in [0.15, 0.2) is 42.6 Å². The van der Waals surface area contributed by atoms with Crippen molar-refractivity contribution < 1.29 is 23.8 Å². The fraction of sp³-hybridized carbons (Fsp3) is 0.269. The molecule has 4 rings (SSSR count). The molecule has 2 amide bonds. The van der Waals surface area contributed by atoms with Crippen molar-refractivity contribution in [1.29, 1.82) is 5.26 Å². The van der Waals surface area contributed by atoms with E-state index < -0.39 is 29.5 Å². The summed E-state index contributed by atoms with van der Waals surface area (Å²) < 4.78 is 31.1. The molecule has 1 atom stereocenters. The number of carbonyl (C=O) groups is 1. The minimum atomic E-state index is -0.995. The van der Waals surface area contributed by atoms with Gasteiger partial charge in [0.05, 0.1) is 35.1 Å². The number of aromatic nitrogens is 1. The summed E-state index contributed by atoms with van der Waals surface area (Å²) in [5.41, 5.74) is 0.758. The van der Waals surface area contributed by atoms with Crippen molar-refractivity contribution in [3.63, 3.8) is 0 Å². The topological polar surface area (TPSA) is 125 Å². The van der Waals surface area contributed by atoms with Crippen LogP contribution in [0, 0.1) is 23.0 Å². The molecule has 1 aromatic heterocycles. The summed E-state index contributed by atoms with van der Waals surface area (Å²) in [6.45, 7) is 2.28. The maximum absolute atomic E-state index is 15.6. The smallest absolute Gasteiger partial charge is 0.334 e. The number of hydrogen-bond donors (Lipinski definition) is 4. The lowest BCUT2D eigenvalue weighted by Crippen LogP contribution is -2.41. The number of aliphatic hydroxyl groups is 2. The number of nitrogens with zero attached hydrogens (tertiary/aromatic N) is 4. The number of nitriles is 1. The third-order valence-corrected chi connectivity index (χ3v) is 6.15. The van der Waals surface area contributed by atoms with Crippen LogP contribution in [0.5, 0.6) is 0 Å². The van der Waals surface area contributed by atoms with E-state index in [4.69, 9.17) is 16.7 Å². The van der Waals surface area contributed by atoms with Gasteiger partial charge in [0.25, 0.3) is 0 Å². The number of aliphatic hydroxyl groups excluding tert-OH is 2. The molecule has 198 valence electrons. The SMILES string of the molecule is CCN1C(=O)N(c2c(F)cc(NCCNC[C@H](O)CO)cc2F)c2cc(C#N)ccc2-c2cc(Cl)cnc21. The van der Waals surface area contributed by atoms with Crippen LogP contribution in [0.3, 0.4) is 0 Å². The summed E-state index contributed by atoms with van der Waals surface area (Å²) in [5.74, 6) is -1.72. The molecular weight excluding hydrogens is 518 g/mol. The highest BCUT2D eigenvalue weighted by atomic mass is 35.5. The molecule has 12 heteroatoms. The quantitative estimate of drug-likeness (QED) is 0.301. The van der Waals surface area contributed by atoms with Gasteiger partial charge in [0, 0.05) is 49.2 Å². The highest BCUT2D eigenvalue weighted by Crippen LogP contribution is 2.45. The van der Waals surface area contributed by atoms with Gasteiger partial charge < -0.3 is 20.8 Å². The molecule has 4 N–H and O–H groups in total. The van der Waals surface area contributed by atoms with Gasteiger partial charge in [-0.3, -0.25) is 9.80 Å². The summed E-state index contributed by atoms with van der Waals surface area (Å²) in [5, 5.41) is 33.8. The number of pyridine rings is 1. The summed E-state index contributed by atoms with van der Waals surface area (Å²) >= 11 is 6.20. The lowest BCUT2D eigenvalue weighted by molar-refractivity contribution is 0.0949. The molecule has 0 unspecified atom stereocenters. The Morgan fingerprint density at radius 3 is 2.55 bits per heavy atom. The summed E-state index contributed by atoms with van der Waals surface area (Å²) in [6, 6.07) is 9.55. The van der Waals surface area contributed by atoms with Crippen molar-refractivity contribution >= 4 is 40.5 Å². The molecule has 0 spiro atoms. The average Bonchev–Trinajstić information content (AvgIpc) is 2.99.